The molecule has 10 heterocycles. The molecule has 0 saturated heterocycles. The van der Waals surface area contributed by atoms with E-state index in [1.54, 1.807) is 12.4 Å². The Labute approximate surface area is 482 Å². The van der Waals surface area contributed by atoms with Crippen LogP contribution in [0.25, 0.3) is 156 Å². The minimum absolute atomic E-state index is 0.794. The highest BCUT2D eigenvalue weighted by atomic mass is 14.8. The number of rotatable bonds is 8. The summed E-state index contributed by atoms with van der Waals surface area (Å²) in [5, 5.41) is 6.52. The van der Waals surface area contributed by atoms with Crippen molar-refractivity contribution in [1.82, 2.24) is 49.8 Å². The molecule has 0 aliphatic rings. The van der Waals surface area contributed by atoms with Gasteiger partial charge in [0.05, 0.1) is 90.0 Å². The van der Waals surface area contributed by atoms with Gasteiger partial charge >= 0.3 is 0 Å². The summed E-state index contributed by atoms with van der Waals surface area (Å²) >= 11 is 0. The molecule has 392 valence electrons. The van der Waals surface area contributed by atoms with Crippen LogP contribution in [-0.4, -0.2) is 49.8 Å². The van der Waals surface area contributed by atoms with E-state index in [1.165, 1.54) is 11.1 Å². The predicted molar refractivity (Wildman–Crippen MR) is 339 cm³/mol. The summed E-state index contributed by atoms with van der Waals surface area (Å²) in [6.45, 7) is 0. The van der Waals surface area contributed by atoms with Crippen LogP contribution < -0.4 is 0 Å². The minimum Gasteiger partial charge on any atom is -0.255 e. The molecule has 0 amide bonds. The van der Waals surface area contributed by atoms with Crippen LogP contribution in [0.1, 0.15) is 0 Å². The van der Waals surface area contributed by atoms with Crippen molar-refractivity contribution < 1.29 is 0 Å². The lowest BCUT2D eigenvalue weighted by Gasteiger charge is -2.13. The van der Waals surface area contributed by atoms with E-state index in [4.69, 9.17) is 39.9 Å². The van der Waals surface area contributed by atoms with Crippen molar-refractivity contribution in [3.8, 4) is 90.3 Å². The maximum absolute atomic E-state index is 5.15. The molecule has 10 aromatic heterocycles. The molecule has 0 bridgehead atoms. The first-order valence-corrected chi connectivity index (χ1v) is 27.7. The molecule has 0 saturated carbocycles. The molecule has 6 aromatic carbocycles. The molecule has 0 N–H and O–H groups in total. The Hall–Kier alpha value is -11.6. The van der Waals surface area contributed by atoms with Crippen LogP contribution in [0.3, 0.4) is 0 Å². The molecule has 0 atom stereocenters. The molecule has 0 unspecified atom stereocenters. The summed E-state index contributed by atoms with van der Waals surface area (Å²) in [5.74, 6) is 0. The summed E-state index contributed by atoms with van der Waals surface area (Å²) < 4.78 is 0. The highest BCUT2D eigenvalue weighted by Crippen LogP contribution is 2.40. The number of hydrogen-bond donors (Lipinski definition) is 0. The number of fused-ring (bicyclic) bond motifs is 8. The van der Waals surface area contributed by atoms with Gasteiger partial charge in [0, 0.05) is 79.4 Å². The van der Waals surface area contributed by atoms with Gasteiger partial charge in [0.25, 0.3) is 0 Å². The van der Waals surface area contributed by atoms with Crippen molar-refractivity contribution in [1.29, 1.82) is 0 Å². The molecule has 10 heteroatoms. The van der Waals surface area contributed by atoms with E-state index in [9.17, 15) is 0 Å². The zero-order valence-corrected chi connectivity index (χ0v) is 45.0. The van der Waals surface area contributed by atoms with Gasteiger partial charge in [-0.1, -0.05) is 158 Å². The fraction of sp³-hybridized carbons (Fsp3) is 0. The van der Waals surface area contributed by atoms with Gasteiger partial charge in [-0.25, -0.2) is 29.9 Å². The minimum atomic E-state index is 0.794. The molecular formula is C74H46N10. The Morgan fingerprint density at radius 3 is 1.04 bits per heavy atom. The molecule has 0 radical (unpaired) electrons. The topological polar surface area (TPSA) is 129 Å². The highest BCUT2D eigenvalue weighted by Gasteiger charge is 2.18. The third kappa shape index (κ3) is 9.35. The second kappa shape index (κ2) is 21.5. The Kier molecular flexibility index (Phi) is 12.6. The lowest BCUT2D eigenvalue weighted by molar-refractivity contribution is 1.22. The Bertz CT molecular complexity index is 4780. The first kappa shape index (κ1) is 49.4. The predicted octanol–water partition coefficient (Wildman–Crippen LogP) is 17.6. The zero-order chi connectivity index (χ0) is 55.8. The lowest BCUT2D eigenvalue weighted by atomic mass is 9.95. The zero-order valence-electron chi connectivity index (χ0n) is 45.0. The molecule has 0 spiro atoms. The average molecular weight is 1080 g/mol. The summed E-state index contributed by atoms with van der Waals surface area (Å²) in [4.78, 5) is 48.5. The maximum Gasteiger partial charge on any atom is 0.0978 e. The molecular weight excluding hydrogens is 1030 g/mol. The van der Waals surface area contributed by atoms with Gasteiger partial charge in [-0.3, -0.25) is 19.9 Å². The van der Waals surface area contributed by atoms with Crippen molar-refractivity contribution >= 4 is 65.4 Å². The van der Waals surface area contributed by atoms with Crippen LogP contribution in [0.4, 0.5) is 0 Å². The summed E-state index contributed by atoms with van der Waals surface area (Å²) in [5.41, 5.74) is 20.2. The smallest absolute Gasteiger partial charge is 0.0978 e. The second-order valence-corrected chi connectivity index (χ2v) is 20.3. The van der Waals surface area contributed by atoms with Gasteiger partial charge in [0.1, 0.15) is 0 Å². The number of pyridine rings is 10. The average Bonchev–Trinajstić information content (AvgIpc) is 3.60. The fourth-order valence-corrected chi connectivity index (χ4v) is 11.1. The van der Waals surface area contributed by atoms with Crippen LogP contribution >= 0.6 is 0 Å². The molecule has 16 aromatic rings. The number of hydrogen-bond acceptors (Lipinski definition) is 10. The SMILES string of the molecule is c1ccc(-c2c3ccccc3nc3c2ccc2ccc(-c4ccc(-c5cccc(-c6ccccn6)n5)cn4)nc23)cc1.c1ccc(-c2c3ccccc3nc3c2ccc2ccc(-c4ccc(-c5cccc(-c6ccccn6)n5)nc4)nc23)cc1. The van der Waals surface area contributed by atoms with Crippen LogP contribution in [-0.2, 0) is 0 Å². The monoisotopic (exact) mass is 1070 g/mol. The van der Waals surface area contributed by atoms with Crippen LogP contribution in [0.5, 0.6) is 0 Å². The van der Waals surface area contributed by atoms with E-state index in [-0.39, 0.29) is 0 Å². The van der Waals surface area contributed by atoms with E-state index < -0.39 is 0 Å². The third-order valence-corrected chi connectivity index (χ3v) is 15.1. The number of aromatic nitrogens is 10. The van der Waals surface area contributed by atoms with E-state index in [2.05, 4.69) is 137 Å². The quantitative estimate of drug-likeness (QED) is 0.107. The van der Waals surface area contributed by atoms with Gasteiger partial charge in [-0.2, -0.15) is 0 Å². The van der Waals surface area contributed by atoms with E-state index in [1.807, 2.05) is 140 Å². The van der Waals surface area contributed by atoms with Gasteiger partial charge < -0.3 is 0 Å². The normalized spacial score (nSPS) is 11.3. The molecule has 0 fully saturated rings. The number of nitrogens with zero attached hydrogens (tertiary/aromatic N) is 10. The van der Waals surface area contributed by atoms with Crippen LogP contribution in [0.15, 0.2) is 280 Å². The van der Waals surface area contributed by atoms with Gasteiger partial charge in [0.15, 0.2) is 0 Å². The number of benzene rings is 6. The summed E-state index contributed by atoms with van der Waals surface area (Å²) in [7, 11) is 0. The van der Waals surface area contributed by atoms with E-state index >= 15 is 0 Å². The van der Waals surface area contributed by atoms with Gasteiger partial charge in [-0.05, 0) is 108 Å². The molecule has 10 nitrogen and oxygen atoms in total. The third-order valence-electron chi connectivity index (χ3n) is 15.1. The van der Waals surface area contributed by atoms with E-state index in [0.29, 0.717) is 0 Å². The molecule has 0 aliphatic heterocycles. The van der Waals surface area contributed by atoms with Crippen LogP contribution in [0, 0.1) is 0 Å². The van der Waals surface area contributed by atoms with Crippen molar-refractivity contribution in [3.05, 3.63) is 280 Å². The first-order valence-electron chi connectivity index (χ1n) is 27.7. The Morgan fingerprint density at radius 2 is 0.560 bits per heavy atom. The Morgan fingerprint density at radius 1 is 0.190 bits per heavy atom. The first-order chi connectivity index (χ1) is 41.6. The standard InChI is InChI=1S/2C37H23N5/c1-2-9-24(10-3-1)35-27-11-4-5-12-30(27)41-37-28(35)19-16-25-17-21-34(42-36(25)37)32-20-18-26(23-39-32)29-14-8-15-33(40-29)31-13-6-7-22-38-31;1-2-9-24(10-3-1)35-27-11-4-5-12-30(27)42-37-28(35)19-16-25-17-20-29(41-36(25)37)26-18-21-32(39-23-26)34-15-8-14-33(40-34)31-13-6-7-22-38-31/h2*1-23H. The van der Waals surface area contributed by atoms with Crippen LogP contribution in [0.2, 0.25) is 0 Å². The molecule has 16 rings (SSSR count). The molecule has 0 aliphatic carbocycles. The van der Waals surface area contributed by atoms with Crippen molar-refractivity contribution in [2.24, 2.45) is 0 Å². The van der Waals surface area contributed by atoms with Gasteiger partial charge in [0.2, 0.25) is 0 Å². The molecule has 84 heavy (non-hydrogen) atoms. The van der Waals surface area contributed by atoms with Crippen molar-refractivity contribution in [3.63, 3.8) is 0 Å². The Balaban J connectivity index is 0.000000143. The number of para-hydroxylation sites is 2. The van der Waals surface area contributed by atoms with Crippen molar-refractivity contribution in [2.45, 2.75) is 0 Å². The maximum atomic E-state index is 5.15. The van der Waals surface area contributed by atoms with Gasteiger partial charge in [-0.15, -0.1) is 0 Å². The van der Waals surface area contributed by atoms with Crippen molar-refractivity contribution in [2.75, 3.05) is 0 Å². The summed E-state index contributed by atoms with van der Waals surface area (Å²) in [6.07, 6.45) is 7.27. The fourth-order valence-electron chi connectivity index (χ4n) is 11.1. The largest absolute Gasteiger partial charge is 0.255 e. The summed E-state index contributed by atoms with van der Waals surface area (Å²) in [6, 6.07) is 86.2. The highest BCUT2D eigenvalue weighted by molar-refractivity contribution is 6.17. The second-order valence-electron chi connectivity index (χ2n) is 20.3. The lowest BCUT2D eigenvalue weighted by Crippen LogP contribution is -1.94. The van der Waals surface area contributed by atoms with E-state index in [0.717, 1.165) is 145 Å².